The van der Waals surface area contributed by atoms with E-state index in [-0.39, 0.29) is 11.8 Å². The summed E-state index contributed by atoms with van der Waals surface area (Å²) in [5, 5.41) is 3.41. The van der Waals surface area contributed by atoms with Gasteiger partial charge in [0.1, 0.15) is 0 Å². The first-order chi connectivity index (χ1) is 12.0. The summed E-state index contributed by atoms with van der Waals surface area (Å²) in [7, 11) is 0. The molecule has 2 amide bonds. The van der Waals surface area contributed by atoms with E-state index in [0.717, 1.165) is 65.0 Å². The van der Waals surface area contributed by atoms with Gasteiger partial charge in [0.25, 0.3) is 0 Å². The molecular formula is C19H34N4O2. The highest BCUT2D eigenvalue weighted by Gasteiger charge is 2.31. The van der Waals surface area contributed by atoms with Crippen molar-refractivity contribution < 1.29 is 9.59 Å². The molecule has 0 aromatic carbocycles. The van der Waals surface area contributed by atoms with Gasteiger partial charge in [0, 0.05) is 50.7 Å². The quantitative estimate of drug-likeness (QED) is 0.822. The number of amides is 2. The third-order valence-corrected chi connectivity index (χ3v) is 6.14. The minimum Gasteiger partial charge on any atom is -0.340 e. The number of carbonyl (C=O) groups excluding carboxylic acids is 2. The van der Waals surface area contributed by atoms with E-state index in [9.17, 15) is 9.59 Å². The van der Waals surface area contributed by atoms with Crippen LogP contribution >= 0.6 is 0 Å². The molecule has 3 aliphatic heterocycles. The molecule has 0 aromatic heterocycles. The number of hydrogen-bond donors (Lipinski definition) is 1. The van der Waals surface area contributed by atoms with E-state index in [4.69, 9.17) is 0 Å². The Morgan fingerprint density at radius 1 is 1.00 bits per heavy atom. The van der Waals surface area contributed by atoms with Crippen molar-refractivity contribution in [2.45, 2.75) is 58.0 Å². The number of piperazine rings is 1. The van der Waals surface area contributed by atoms with Gasteiger partial charge in [-0.1, -0.05) is 0 Å². The number of likely N-dealkylation sites (tertiary alicyclic amines) is 1. The lowest BCUT2D eigenvalue weighted by atomic mass is 9.92. The molecule has 1 N–H and O–H groups in total. The van der Waals surface area contributed by atoms with Crippen LogP contribution in [0, 0.1) is 5.92 Å². The van der Waals surface area contributed by atoms with Crippen LogP contribution in [-0.2, 0) is 9.59 Å². The summed E-state index contributed by atoms with van der Waals surface area (Å²) in [6, 6.07) is 0.819. The molecular weight excluding hydrogens is 316 g/mol. The largest absolute Gasteiger partial charge is 0.340 e. The number of nitrogens with one attached hydrogen (secondary N) is 1. The molecule has 0 aliphatic carbocycles. The Hall–Kier alpha value is -1.14. The summed E-state index contributed by atoms with van der Waals surface area (Å²) in [5.41, 5.74) is 0. The molecule has 3 atom stereocenters. The summed E-state index contributed by atoms with van der Waals surface area (Å²) in [4.78, 5) is 31.6. The summed E-state index contributed by atoms with van der Waals surface area (Å²) in [5.74, 6) is 0.766. The van der Waals surface area contributed by atoms with Crippen LogP contribution in [0.15, 0.2) is 0 Å². The van der Waals surface area contributed by atoms with Crippen molar-refractivity contribution in [3.8, 4) is 0 Å². The molecule has 0 spiro atoms. The van der Waals surface area contributed by atoms with Crippen molar-refractivity contribution in [1.29, 1.82) is 0 Å². The Kier molecular flexibility index (Phi) is 6.34. The normalized spacial score (nSPS) is 31.8. The smallest absolute Gasteiger partial charge is 0.236 e. The van der Waals surface area contributed by atoms with Crippen LogP contribution in [0.4, 0.5) is 0 Å². The zero-order chi connectivity index (χ0) is 17.8. The van der Waals surface area contributed by atoms with Gasteiger partial charge in [-0.05, 0) is 52.5 Å². The topological polar surface area (TPSA) is 55.9 Å². The number of hydrogen-bond acceptors (Lipinski definition) is 4. The summed E-state index contributed by atoms with van der Waals surface area (Å²) < 4.78 is 0. The Morgan fingerprint density at radius 3 is 2.44 bits per heavy atom. The molecule has 3 rings (SSSR count). The van der Waals surface area contributed by atoms with Crippen molar-refractivity contribution in [3.63, 3.8) is 0 Å². The van der Waals surface area contributed by atoms with Gasteiger partial charge in [0.05, 0.1) is 6.54 Å². The van der Waals surface area contributed by atoms with E-state index < -0.39 is 0 Å². The lowest BCUT2D eigenvalue weighted by Gasteiger charge is -2.39. The highest BCUT2D eigenvalue weighted by Crippen LogP contribution is 2.20. The van der Waals surface area contributed by atoms with Gasteiger partial charge in [-0.25, -0.2) is 0 Å². The fourth-order valence-electron chi connectivity index (χ4n) is 4.49. The van der Waals surface area contributed by atoms with Crippen LogP contribution in [-0.4, -0.2) is 84.4 Å². The maximum absolute atomic E-state index is 12.7. The zero-order valence-corrected chi connectivity index (χ0v) is 15.9. The molecule has 6 heteroatoms. The van der Waals surface area contributed by atoms with E-state index in [1.807, 2.05) is 4.90 Å². The molecule has 1 unspecified atom stereocenters. The van der Waals surface area contributed by atoms with Crippen molar-refractivity contribution in [1.82, 2.24) is 20.0 Å². The third-order valence-electron chi connectivity index (χ3n) is 6.14. The molecule has 0 bridgehead atoms. The van der Waals surface area contributed by atoms with E-state index in [2.05, 4.69) is 29.0 Å². The van der Waals surface area contributed by atoms with E-state index >= 15 is 0 Å². The monoisotopic (exact) mass is 350 g/mol. The van der Waals surface area contributed by atoms with Crippen molar-refractivity contribution >= 4 is 11.8 Å². The first-order valence-electron chi connectivity index (χ1n) is 10.1. The third kappa shape index (κ3) is 4.73. The van der Waals surface area contributed by atoms with Gasteiger partial charge in [-0.3, -0.25) is 14.5 Å². The highest BCUT2D eigenvalue weighted by atomic mass is 16.2. The SMILES string of the molecule is CC1CCCCN1C(=O)CN1CCN(C(=O)[C@H]2CCN[C@@H](C)C2)CC1. The predicted molar refractivity (Wildman–Crippen MR) is 98.2 cm³/mol. The number of piperidine rings is 2. The van der Waals surface area contributed by atoms with Gasteiger partial charge >= 0.3 is 0 Å². The second-order valence-electron chi connectivity index (χ2n) is 8.11. The van der Waals surface area contributed by atoms with Gasteiger partial charge in [0.2, 0.25) is 11.8 Å². The van der Waals surface area contributed by atoms with Gasteiger partial charge in [-0.15, -0.1) is 0 Å². The number of rotatable bonds is 3. The van der Waals surface area contributed by atoms with Crippen molar-refractivity contribution in [2.75, 3.05) is 45.8 Å². The van der Waals surface area contributed by atoms with Gasteiger partial charge < -0.3 is 15.1 Å². The Labute approximate surface area is 151 Å². The molecule has 3 heterocycles. The van der Waals surface area contributed by atoms with Crippen LogP contribution in [0.2, 0.25) is 0 Å². The number of carbonyl (C=O) groups is 2. The standard InChI is InChI=1S/C19H34N4O2/c1-15-13-17(6-7-20-15)19(25)22-11-9-21(10-12-22)14-18(24)23-8-4-3-5-16(23)2/h15-17,20H,3-14H2,1-2H3/t15-,16?,17-/m0/s1. The fraction of sp³-hybridized carbons (Fsp3) is 0.895. The molecule has 25 heavy (non-hydrogen) atoms. The Bertz CT molecular complexity index is 476. The van der Waals surface area contributed by atoms with Crippen molar-refractivity contribution in [2.24, 2.45) is 5.92 Å². The van der Waals surface area contributed by atoms with Crippen LogP contribution in [0.1, 0.15) is 46.0 Å². The van der Waals surface area contributed by atoms with E-state index in [1.165, 1.54) is 6.42 Å². The second kappa shape index (κ2) is 8.49. The molecule has 0 radical (unpaired) electrons. The Morgan fingerprint density at radius 2 is 1.76 bits per heavy atom. The lowest BCUT2D eigenvalue weighted by Crippen LogP contribution is -2.54. The van der Waals surface area contributed by atoms with E-state index in [1.54, 1.807) is 0 Å². The minimum absolute atomic E-state index is 0.179. The minimum atomic E-state index is 0.179. The molecule has 3 aliphatic rings. The van der Waals surface area contributed by atoms with Crippen LogP contribution in [0.5, 0.6) is 0 Å². The van der Waals surface area contributed by atoms with Crippen LogP contribution < -0.4 is 5.32 Å². The molecule has 0 aromatic rings. The average Bonchev–Trinajstić information content (AvgIpc) is 2.62. The maximum Gasteiger partial charge on any atom is 0.236 e. The first kappa shape index (κ1) is 18.6. The second-order valence-corrected chi connectivity index (χ2v) is 8.11. The predicted octanol–water partition coefficient (Wildman–Crippen LogP) is 0.920. The number of nitrogens with zero attached hydrogens (tertiary/aromatic N) is 3. The molecule has 142 valence electrons. The van der Waals surface area contributed by atoms with Crippen LogP contribution in [0.3, 0.4) is 0 Å². The Balaban J connectivity index is 1.43. The highest BCUT2D eigenvalue weighted by molar-refractivity contribution is 5.80. The van der Waals surface area contributed by atoms with E-state index in [0.29, 0.717) is 24.5 Å². The molecule has 6 nitrogen and oxygen atoms in total. The van der Waals surface area contributed by atoms with Gasteiger partial charge in [-0.2, -0.15) is 0 Å². The van der Waals surface area contributed by atoms with Gasteiger partial charge in [0.15, 0.2) is 0 Å². The molecule has 3 fully saturated rings. The first-order valence-corrected chi connectivity index (χ1v) is 10.1. The maximum atomic E-state index is 12.7. The van der Waals surface area contributed by atoms with Crippen molar-refractivity contribution in [3.05, 3.63) is 0 Å². The fourth-order valence-corrected chi connectivity index (χ4v) is 4.49. The molecule has 3 saturated heterocycles. The van der Waals surface area contributed by atoms with Crippen LogP contribution in [0.25, 0.3) is 0 Å². The lowest BCUT2D eigenvalue weighted by molar-refractivity contribution is -0.140. The summed E-state index contributed by atoms with van der Waals surface area (Å²) in [6.45, 7) is 9.85. The zero-order valence-electron chi connectivity index (χ0n) is 15.9. The molecule has 0 saturated carbocycles. The summed E-state index contributed by atoms with van der Waals surface area (Å²) >= 11 is 0. The summed E-state index contributed by atoms with van der Waals surface area (Å²) in [6.07, 6.45) is 5.40. The average molecular weight is 351 g/mol.